The molecule has 0 aliphatic rings. The minimum atomic E-state index is -0.344. The Morgan fingerprint density at radius 2 is 1.82 bits per heavy atom. The van der Waals surface area contributed by atoms with Crippen LogP contribution in [-0.2, 0) is 11.2 Å². The maximum Gasteiger partial charge on any atom is 0.244 e. The highest BCUT2D eigenvalue weighted by Crippen LogP contribution is 2.22. The van der Waals surface area contributed by atoms with Crippen LogP contribution in [0.1, 0.15) is 18.1 Å². The summed E-state index contributed by atoms with van der Waals surface area (Å²) in [5.74, 6) is -0.423. The number of phenolic OH excluding ortho intramolecular Hbond substituents is 3. The number of nitrogens with one attached hydrogen (secondary N) is 1. The van der Waals surface area contributed by atoms with Gasteiger partial charge in [-0.2, -0.15) is 5.10 Å². The molecule has 0 spiro atoms. The molecule has 0 radical (unpaired) electrons. The molecule has 2 rings (SSSR count). The van der Waals surface area contributed by atoms with E-state index >= 15 is 0 Å². The number of benzene rings is 2. The number of carbonyl (C=O) groups excluding carboxylic acids is 1. The minimum Gasteiger partial charge on any atom is -0.508 e. The number of rotatable bonds is 4. The molecule has 1 amide bonds. The molecule has 0 atom stereocenters. The van der Waals surface area contributed by atoms with Gasteiger partial charge in [0, 0.05) is 11.6 Å². The Balaban J connectivity index is 2.02. The van der Waals surface area contributed by atoms with Gasteiger partial charge in [0.2, 0.25) is 5.91 Å². The zero-order valence-corrected chi connectivity index (χ0v) is 11.9. The van der Waals surface area contributed by atoms with E-state index in [1.165, 1.54) is 30.3 Å². The summed E-state index contributed by atoms with van der Waals surface area (Å²) in [5.41, 5.74) is 3.87. The van der Waals surface area contributed by atoms with E-state index < -0.39 is 0 Å². The monoisotopic (exact) mass is 300 g/mol. The molecular weight excluding hydrogens is 284 g/mol. The lowest BCUT2D eigenvalue weighted by atomic mass is 10.1. The molecule has 114 valence electrons. The van der Waals surface area contributed by atoms with E-state index in [-0.39, 0.29) is 29.6 Å². The van der Waals surface area contributed by atoms with Crippen molar-refractivity contribution in [2.45, 2.75) is 13.3 Å². The zero-order valence-electron chi connectivity index (χ0n) is 11.9. The fraction of sp³-hybridized carbons (Fsp3) is 0.125. The summed E-state index contributed by atoms with van der Waals surface area (Å²) < 4.78 is 0. The number of hydrogen-bond donors (Lipinski definition) is 4. The van der Waals surface area contributed by atoms with Gasteiger partial charge in [0.1, 0.15) is 17.2 Å². The van der Waals surface area contributed by atoms with Gasteiger partial charge in [-0.05, 0) is 36.8 Å². The van der Waals surface area contributed by atoms with E-state index in [1.54, 1.807) is 19.1 Å². The van der Waals surface area contributed by atoms with Gasteiger partial charge in [0.25, 0.3) is 0 Å². The van der Waals surface area contributed by atoms with Crippen molar-refractivity contribution in [3.8, 4) is 17.2 Å². The molecule has 0 heterocycles. The second-order valence-corrected chi connectivity index (χ2v) is 4.78. The van der Waals surface area contributed by atoms with Crippen molar-refractivity contribution >= 4 is 11.6 Å². The van der Waals surface area contributed by atoms with Gasteiger partial charge in [-0.15, -0.1) is 0 Å². The van der Waals surface area contributed by atoms with Crippen molar-refractivity contribution in [1.82, 2.24) is 5.43 Å². The van der Waals surface area contributed by atoms with Crippen LogP contribution in [0.3, 0.4) is 0 Å². The van der Waals surface area contributed by atoms with E-state index in [0.29, 0.717) is 16.8 Å². The molecule has 0 saturated heterocycles. The third-order valence-corrected chi connectivity index (χ3v) is 2.99. The van der Waals surface area contributed by atoms with Crippen molar-refractivity contribution in [2.75, 3.05) is 0 Å². The Morgan fingerprint density at radius 3 is 2.50 bits per heavy atom. The Morgan fingerprint density at radius 1 is 1.09 bits per heavy atom. The summed E-state index contributed by atoms with van der Waals surface area (Å²) in [4.78, 5) is 11.8. The highest BCUT2D eigenvalue weighted by atomic mass is 16.3. The maximum atomic E-state index is 11.8. The number of nitrogens with zero attached hydrogens (tertiary/aromatic N) is 1. The number of aromatic hydroxyl groups is 3. The van der Waals surface area contributed by atoms with E-state index in [0.717, 1.165) is 0 Å². The standard InChI is InChI=1S/C16H16N2O4/c1-10(14-6-5-13(20)9-15(14)21)17-18-16(22)8-11-3-2-4-12(19)7-11/h2-7,9,19-21H,8H2,1H3,(H,18,22)/b17-10+. The molecule has 0 aliphatic carbocycles. The minimum absolute atomic E-state index is 0.0537. The number of hydrogen-bond acceptors (Lipinski definition) is 5. The van der Waals surface area contributed by atoms with Gasteiger partial charge >= 0.3 is 0 Å². The summed E-state index contributed by atoms with van der Waals surface area (Å²) in [6, 6.07) is 10.5. The maximum absolute atomic E-state index is 11.8. The Labute approximate surface area is 127 Å². The molecule has 0 aliphatic heterocycles. The van der Waals surface area contributed by atoms with Gasteiger partial charge in [-0.3, -0.25) is 4.79 Å². The molecule has 0 fully saturated rings. The predicted molar refractivity (Wildman–Crippen MR) is 81.9 cm³/mol. The first kappa shape index (κ1) is 15.4. The Kier molecular flexibility index (Phi) is 4.63. The van der Waals surface area contributed by atoms with Crippen LogP contribution in [0.25, 0.3) is 0 Å². The summed E-state index contributed by atoms with van der Waals surface area (Å²) in [7, 11) is 0. The van der Waals surface area contributed by atoms with E-state index in [9.17, 15) is 20.1 Å². The number of hydrazone groups is 1. The summed E-state index contributed by atoms with van der Waals surface area (Å²) >= 11 is 0. The van der Waals surface area contributed by atoms with Crippen LogP contribution in [-0.4, -0.2) is 26.9 Å². The number of carbonyl (C=O) groups is 1. The molecule has 0 saturated carbocycles. The predicted octanol–water partition coefficient (Wildman–Crippen LogP) is 1.89. The van der Waals surface area contributed by atoms with Gasteiger partial charge in [0.05, 0.1) is 12.1 Å². The van der Waals surface area contributed by atoms with Crippen LogP contribution in [0.15, 0.2) is 47.6 Å². The smallest absolute Gasteiger partial charge is 0.244 e. The van der Waals surface area contributed by atoms with E-state index in [4.69, 9.17) is 0 Å². The lowest BCUT2D eigenvalue weighted by Crippen LogP contribution is -2.21. The van der Waals surface area contributed by atoms with E-state index in [2.05, 4.69) is 10.5 Å². The first-order valence-electron chi connectivity index (χ1n) is 6.59. The summed E-state index contributed by atoms with van der Waals surface area (Å²) in [6.45, 7) is 1.63. The van der Waals surface area contributed by atoms with Crippen LogP contribution in [0.5, 0.6) is 17.2 Å². The van der Waals surface area contributed by atoms with Gasteiger partial charge in [-0.25, -0.2) is 5.43 Å². The molecular formula is C16H16N2O4. The largest absolute Gasteiger partial charge is 0.508 e. The summed E-state index contributed by atoms with van der Waals surface area (Å²) in [6.07, 6.45) is 0.0761. The van der Waals surface area contributed by atoms with Crippen molar-refractivity contribution in [1.29, 1.82) is 0 Å². The van der Waals surface area contributed by atoms with Crippen LogP contribution in [0.4, 0.5) is 0 Å². The average molecular weight is 300 g/mol. The number of phenols is 3. The first-order valence-corrected chi connectivity index (χ1v) is 6.59. The quantitative estimate of drug-likeness (QED) is 0.511. The Hall–Kier alpha value is -3.02. The van der Waals surface area contributed by atoms with Crippen molar-refractivity contribution < 1.29 is 20.1 Å². The molecule has 0 unspecified atom stereocenters. The van der Waals surface area contributed by atoms with Crippen molar-refractivity contribution in [3.63, 3.8) is 0 Å². The fourth-order valence-electron chi connectivity index (χ4n) is 1.92. The molecule has 0 aromatic heterocycles. The molecule has 0 bridgehead atoms. The molecule has 2 aromatic carbocycles. The SMILES string of the molecule is C/C(=N\NC(=O)Cc1cccc(O)c1)c1ccc(O)cc1O. The topological polar surface area (TPSA) is 102 Å². The third-order valence-electron chi connectivity index (χ3n) is 2.99. The van der Waals surface area contributed by atoms with Crippen molar-refractivity contribution in [3.05, 3.63) is 53.6 Å². The van der Waals surface area contributed by atoms with Gasteiger partial charge in [-0.1, -0.05) is 12.1 Å². The molecule has 2 aromatic rings. The molecule has 22 heavy (non-hydrogen) atoms. The van der Waals surface area contributed by atoms with Crippen LogP contribution in [0, 0.1) is 0 Å². The second kappa shape index (κ2) is 6.62. The highest BCUT2D eigenvalue weighted by molar-refractivity contribution is 6.01. The van der Waals surface area contributed by atoms with Gasteiger partial charge in [0.15, 0.2) is 0 Å². The van der Waals surface area contributed by atoms with Crippen LogP contribution >= 0.6 is 0 Å². The Bertz CT molecular complexity index is 726. The zero-order chi connectivity index (χ0) is 16.1. The lowest BCUT2D eigenvalue weighted by Gasteiger charge is -2.06. The molecule has 6 nitrogen and oxygen atoms in total. The summed E-state index contributed by atoms with van der Waals surface area (Å²) in [5, 5.41) is 32.2. The van der Waals surface area contributed by atoms with Crippen LogP contribution in [0.2, 0.25) is 0 Å². The fourth-order valence-corrected chi connectivity index (χ4v) is 1.92. The average Bonchev–Trinajstić information content (AvgIpc) is 2.45. The molecule has 6 heteroatoms. The van der Waals surface area contributed by atoms with Crippen molar-refractivity contribution in [2.24, 2.45) is 5.10 Å². The lowest BCUT2D eigenvalue weighted by molar-refractivity contribution is -0.120. The highest BCUT2D eigenvalue weighted by Gasteiger charge is 2.07. The third kappa shape index (κ3) is 3.99. The van der Waals surface area contributed by atoms with E-state index in [1.807, 2.05) is 0 Å². The molecule has 4 N–H and O–H groups in total. The first-order chi connectivity index (χ1) is 10.5. The number of amides is 1. The second-order valence-electron chi connectivity index (χ2n) is 4.78. The van der Waals surface area contributed by atoms with Gasteiger partial charge < -0.3 is 15.3 Å². The normalized spacial score (nSPS) is 11.2. The van der Waals surface area contributed by atoms with Crippen LogP contribution < -0.4 is 5.43 Å².